The SMILES string of the molecule is CCNC(=O)C(C)(C)n1c(=O)c2c(C)c(C(=O)OCC)sc2n(C[C@H](OCCC#N)c2ccccc2OC)c1=O. The zero-order valence-corrected chi connectivity index (χ0v) is 24.3. The number of rotatable bonds is 12. The fourth-order valence-electron chi connectivity index (χ4n) is 4.46. The van der Waals surface area contributed by atoms with Crippen molar-refractivity contribution in [2.75, 3.05) is 26.9 Å². The number of ether oxygens (including phenoxy) is 3. The minimum absolute atomic E-state index is 0.0820. The van der Waals surface area contributed by atoms with Crippen LogP contribution in [0.15, 0.2) is 33.9 Å². The molecule has 0 aliphatic rings. The van der Waals surface area contributed by atoms with Crippen molar-refractivity contribution >= 4 is 33.4 Å². The van der Waals surface area contributed by atoms with Crippen molar-refractivity contribution in [3.05, 3.63) is 61.1 Å². The Morgan fingerprint density at radius 1 is 1.20 bits per heavy atom. The van der Waals surface area contributed by atoms with Crippen LogP contribution in [0.1, 0.15) is 61.0 Å². The zero-order chi connectivity index (χ0) is 29.6. The number of aryl methyl sites for hydroxylation is 1. The van der Waals surface area contributed by atoms with E-state index in [0.717, 1.165) is 15.9 Å². The lowest BCUT2D eigenvalue weighted by Gasteiger charge is -2.27. The molecule has 214 valence electrons. The summed E-state index contributed by atoms with van der Waals surface area (Å²) in [4.78, 5) is 54.3. The first-order valence-electron chi connectivity index (χ1n) is 12.9. The monoisotopic (exact) mass is 570 g/mol. The molecule has 0 saturated carbocycles. The molecule has 1 amide bonds. The van der Waals surface area contributed by atoms with Crippen molar-refractivity contribution < 1.29 is 23.8 Å². The van der Waals surface area contributed by atoms with E-state index < -0.39 is 34.8 Å². The van der Waals surface area contributed by atoms with Gasteiger partial charge in [-0.25, -0.2) is 14.2 Å². The van der Waals surface area contributed by atoms with Crippen molar-refractivity contribution in [2.24, 2.45) is 0 Å². The fourth-order valence-corrected chi connectivity index (χ4v) is 5.65. The highest BCUT2D eigenvalue weighted by Crippen LogP contribution is 2.33. The first kappa shape index (κ1) is 30.6. The molecule has 1 atom stereocenters. The number of methoxy groups -OCH3 is 1. The lowest BCUT2D eigenvalue weighted by Crippen LogP contribution is -2.55. The van der Waals surface area contributed by atoms with Gasteiger partial charge in [0.25, 0.3) is 5.56 Å². The number of para-hydroxylation sites is 1. The number of aromatic nitrogens is 2. The van der Waals surface area contributed by atoms with Crippen LogP contribution in [0, 0.1) is 18.3 Å². The van der Waals surface area contributed by atoms with E-state index in [2.05, 4.69) is 5.32 Å². The Morgan fingerprint density at radius 2 is 1.90 bits per heavy atom. The van der Waals surface area contributed by atoms with Gasteiger partial charge in [-0.1, -0.05) is 18.2 Å². The normalized spacial score (nSPS) is 12.1. The summed E-state index contributed by atoms with van der Waals surface area (Å²) in [7, 11) is 1.51. The first-order valence-corrected chi connectivity index (χ1v) is 13.7. The second-order valence-electron chi connectivity index (χ2n) is 9.42. The highest BCUT2D eigenvalue weighted by atomic mass is 32.1. The van der Waals surface area contributed by atoms with E-state index in [-0.39, 0.29) is 41.3 Å². The summed E-state index contributed by atoms with van der Waals surface area (Å²) >= 11 is 0.976. The Balaban J connectivity index is 2.37. The Bertz CT molecular complexity index is 1560. The largest absolute Gasteiger partial charge is 0.496 e. The Kier molecular flexibility index (Phi) is 9.89. The molecule has 0 spiro atoms. The molecule has 0 bridgehead atoms. The summed E-state index contributed by atoms with van der Waals surface area (Å²) in [6, 6.07) is 9.17. The van der Waals surface area contributed by atoms with Gasteiger partial charge < -0.3 is 19.5 Å². The predicted molar refractivity (Wildman–Crippen MR) is 151 cm³/mol. The number of amides is 1. The van der Waals surface area contributed by atoms with Crippen molar-refractivity contribution in [1.82, 2.24) is 14.5 Å². The zero-order valence-electron chi connectivity index (χ0n) is 23.5. The van der Waals surface area contributed by atoms with Gasteiger partial charge in [0.05, 0.1) is 44.7 Å². The van der Waals surface area contributed by atoms with Crippen LogP contribution in [0.5, 0.6) is 5.75 Å². The molecule has 2 aromatic heterocycles. The fraction of sp³-hybridized carbons (Fsp3) is 0.464. The number of nitrogens with one attached hydrogen (secondary N) is 1. The van der Waals surface area contributed by atoms with Crippen LogP contribution in [0.4, 0.5) is 0 Å². The summed E-state index contributed by atoms with van der Waals surface area (Å²) in [6.07, 6.45) is -0.650. The van der Waals surface area contributed by atoms with Crippen LogP contribution in [0.25, 0.3) is 10.2 Å². The average Bonchev–Trinajstić information content (AvgIpc) is 3.27. The number of hydrogen-bond acceptors (Lipinski definition) is 9. The van der Waals surface area contributed by atoms with E-state index in [1.54, 1.807) is 45.0 Å². The molecule has 11 nitrogen and oxygen atoms in total. The molecule has 1 aromatic carbocycles. The molecule has 0 aliphatic carbocycles. The second kappa shape index (κ2) is 12.9. The van der Waals surface area contributed by atoms with Crippen molar-refractivity contribution in [3.63, 3.8) is 0 Å². The molecule has 0 saturated heterocycles. The van der Waals surface area contributed by atoms with Crippen LogP contribution < -0.4 is 21.3 Å². The Labute approximate surface area is 235 Å². The summed E-state index contributed by atoms with van der Waals surface area (Å²) in [5.41, 5.74) is -2.00. The molecule has 1 N–H and O–H groups in total. The molecular weight excluding hydrogens is 536 g/mol. The van der Waals surface area contributed by atoms with Crippen LogP contribution in [-0.2, 0) is 26.4 Å². The minimum atomic E-state index is -1.56. The molecule has 0 unspecified atom stereocenters. The number of likely N-dealkylation sites (N-methyl/N-ethyl adjacent to an activating group) is 1. The van der Waals surface area contributed by atoms with Gasteiger partial charge in [0, 0.05) is 12.1 Å². The summed E-state index contributed by atoms with van der Waals surface area (Å²) in [6.45, 7) is 8.45. The van der Waals surface area contributed by atoms with Gasteiger partial charge in [0.2, 0.25) is 5.91 Å². The van der Waals surface area contributed by atoms with Crippen molar-refractivity contribution in [1.29, 1.82) is 5.26 Å². The molecule has 0 fully saturated rings. The molecule has 3 rings (SSSR count). The van der Waals surface area contributed by atoms with E-state index in [0.29, 0.717) is 23.4 Å². The second-order valence-corrected chi connectivity index (χ2v) is 10.4. The number of nitrogens with zero attached hydrogens (tertiary/aromatic N) is 3. The number of esters is 1. The molecule has 2 heterocycles. The van der Waals surface area contributed by atoms with E-state index in [1.165, 1.54) is 25.5 Å². The quantitative estimate of drug-likeness (QED) is 0.258. The third-order valence-corrected chi connectivity index (χ3v) is 7.79. The number of thiophene rings is 1. The van der Waals surface area contributed by atoms with Gasteiger partial charge in [-0.15, -0.1) is 11.3 Å². The molecule has 3 aromatic rings. The van der Waals surface area contributed by atoms with Gasteiger partial charge >= 0.3 is 11.7 Å². The number of fused-ring (bicyclic) bond motifs is 1. The maximum Gasteiger partial charge on any atom is 0.348 e. The van der Waals surface area contributed by atoms with Crippen LogP contribution >= 0.6 is 11.3 Å². The first-order chi connectivity index (χ1) is 19.0. The van der Waals surface area contributed by atoms with Crippen molar-refractivity contribution in [2.45, 2.75) is 59.2 Å². The van der Waals surface area contributed by atoms with E-state index in [9.17, 15) is 19.2 Å². The minimum Gasteiger partial charge on any atom is -0.496 e. The smallest absolute Gasteiger partial charge is 0.348 e. The van der Waals surface area contributed by atoms with Crippen LogP contribution in [0.3, 0.4) is 0 Å². The molecular formula is C28H34N4O7S. The van der Waals surface area contributed by atoms with E-state index in [4.69, 9.17) is 19.5 Å². The van der Waals surface area contributed by atoms with Crippen LogP contribution in [-0.4, -0.2) is 47.9 Å². The lowest BCUT2D eigenvalue weighted by molar-refractivity contribution is -0.128. The van der Waals surface area contributed by atoms with E-state index >= 15 is 0 Å². The van der Waals surface area contributed by atoms with Gasteiger partial charge in [-0.2, -0.15) is 5.26 Å². The standard InChI is InChI=1S/C28H34N4O7S/c1-7-30-26(35)28(4,5)32-23(33)21-17(3)22(25(34)38-8-2)40-24(21)31(27(32)36)16-20(39-15-11-14-29)18-12-9-10-13-19(18)37-6/h9-10,12-13,20H,7-8,11,15-16H2,1-6H3,(H,30,35)/t20-/m0/s1. The number of carbonyl (C=O) groups excluding carboxylic acids is 2. The summed E-state index contributed by atoms with van der Waals surface area (Å²) in [5.74, 6) is -0.606. The van der Waals surface area contributed by atoms with Crippen LogP contribution in [0.2, 0.25) is 0 Å². The summed E-state index contributed by atoms with van der Waals surface area (Å²) in [5, 5.41) is 11.9. The number of nitriles is 1. The number of hydrogen-bond donors (Lipinski definition) is 1. The van der Waals surface area contributed by atoms with Gasteiger partial charge in [-0.05, 0) is 46.2 Å². The maximum absolute atomic E-state index is 14.1. The third-order valence-electron chi connectivity index (χ3n) is 6.49. The predicted octanol–water partition coefficient (Wildman–Crippen LogP) is 3.26. The van der Waals surface area contributed by atoms with Gasteiger partial charge in [0.1, 0.15) is 27.1 Å². The Morgan fingerprint density at radius 3 is 2.52 bits per heavy atom. The lowest BCUT2D eigenvalue weighted by atomic mass is 10.0. The number of benzene rings is 1. The van der Waals surface area contributed by atoms with Gasteiger partial charge in [0.15, 0.2) is 0 Å². The molecule has 0 radical (unpaired) electrons. The Hall–Kier alpha value is -3.95. The summed E-state index contributed by atoms with van der Waals surface area (Å²) < 4.78 is 19.1. The van der Waals surface area contributed by atoms with Gasteiger partial charge in [-0.3, -0.25) is 14.2 Å². The molecule has 12 heteroatoms. The highest BCUT2D eigenvalue weighted by molar-refractivity contribution is 7.20. The van der Waals surface area contributed by atoms with Crippen molar-refractivity contribution in [3.8, 4) is 11.8 Å². The number of carbonyl (C=O) groups is 2. The molecule has 0 aliphatic heterocycles. The van der Waals surface area contributed by atoms with E-state index in [1.807, 2.05) is 6.07 Å². The topological polar surface area (TPSA) is 142 Å². The highest BCUT2D eigenvalue weighted by Gasteiger charge is 2.36. The molecule has 40 heavy (non-hydrogen) atoms. The average molecular weight is 571 g/mol. The maximum atomic E-state index is 14.1. The third kappa shape index (κ3) is 5.80.